The first-order valence-electron chi connectivity index (χ1n) is 16.1. The molecule has 48 heavy (non-hydrogen) atoms. The molecule has 2 atom stereocenters. The Bertz CT molecular complexity index is 1400. The Labute approximate surface area is 283 Å². The maximum atomic E-state index is 10.5. The summed E-state index contributed by atoms with van der Waals surface area (Å²) in [7, 11) is 0. The average molecular weight is 661 g/mol. The fraction of sp³-hybridized carbons (Fsp3) is 0.385. The van der Waals surface area contributed by atoms with Gasteiger partial charge in [0.15, 0.2) is 0 Å². The highest BCUT2D eigenvalue weighted by Gasteiger charge is 2.24. The van der Waals surface area contributed by atoms with Gasteiger partial charge in [-0.05, 0) is 70.8 Å². The van der Waals surface area contributed by atoms with Gasteiger partial charge in [-0.15, -0.1) is 0 Å². The van der Waals surface area contributed by atoms with E-state index in [0.717, 1.165) is 22.3 Å². The zero-order chi connectivity index (χ0) is 34.7. The van der Waals surface area contributed by atoms with E-state index in [1.54, 1.807) is 0 Å². The highest BCUT2D eigenvalue weighted by molar-refractivity contribution is 5.43. The minimum absolute atomic E-state index is 0.0314. The van der Waals surface area contributed by atoms with E-state index in [1.807, 2.05) is 97.1 Å². The standard InChI is InChI=1S/C39H48O9/c1-38(2,27-5-13-34(14-6-27)45-23-31(42)21-40)29-9-17-36(18-10-29)47-25-33(44)26-48-37-19-11-30(12-20-37)39(3,4)28-7-15-35(16-8-28)46-24-32(43)22-41/h5-20,31-33,40-44H,21-26H2,1-4H3. The van der Waals surface area contributed by atoms with Crippen molar-refractivity contribution in [3.63, 3.8) is 0 Å². The van der Waals surface area contributed by atoms with Gasteiger partial charge < -0.3 is 44.5 Å². The van der Waals surface area contributed by atoms with Crippen LogP contribution in [0, 0.1) is 0 Å². The van der Waals surface area contributed by atoms with Gasteiger partial charge in [-0.2, -0.15) is 0 Å². The molecule has 9 heteroatoms. The zero-order valence-corrected chi connectivity index (χ0v) is 28.1. The fourth-order valence-electron chi connectivity index (χ4n) is 5.13. The van der Waals surface area contributed by atoms with Gasteiger partial charge in [0.2, 0.25) is 0 Å². The van der Waals surface area contributed by atoms with Gasteiger partial charge in [-0.1, -0.05) is 76.2 Å². The molecule has 0 radical (unpaired) electrons. The molecule has 0 saturated carbocycles. The lowest BCUT2D eigenvalue weighted by molar-refractivity contribution is 0.0536. The third-order valence-corrected chi connectivity index (χ3v) is 8.50. The molecule has 0 aliphatic heterocycles. The van der Waals surface area contributed by atoms with E-state index in [9.17, 15) is 15.3 Å². The summed E-state index contributed by atoms with van der Waals surface area (Å²) in [5, 5.41) is 47.4. The van der Waals surface area contributed by atoms with Gasteiger partial charge in [-0.25, -0.2) is 0 Å². The number of hydrogen-bond acceptors (Lipinski definition) is 9. The SMILES string of the molecule is CC(C)(c1ccc(OCC(O)CO)cc1)c1ccc(OCC(O)COc2ccc(C(C)(C)c3ccc(OCC(O)CO)cc3)cc2)cc1. The number of hydrogen-bond donors (Lipinski definition) is 5. The van der Waals surface area contributed by atoms with Crippen LogP contribution in [-0.2, 0) is 10.8 Å². The van der Waals surface area contributed by atoms with Crippen molar-refractivity contribution in [2.24, 2.45) is 0 Å². The first-order valence-corrected chi connectivity index (χ1v) is 16.1. The lowest BCUT2D eigenvalue weighted by Crippen LogP contribution is -2.25. The Morgan fingerprint density at radius 3 is 0.812 bits per heavy atom. The largest absolute Gasteiger partial charge is 0.491 e. The van der Waals surface area contributed by atoms with E-state index >= 15 is 0 Å². The molecular formula is C39H48O9. The van der Waals surface area contributed by atoms with E-state index < -0.39 is 18.3 Å². The molecule has 0 fully saturated rings. The molecule has 0 saturated heterocycles. The number of rotatable bonds is 18. The Balaban J connectivity index is 1.24. The summed E-state index contributed by atoms with van der Waals surface area (Å²) in [6.45, 7) is 8.06. The Morgan fingerprint density at radius 1 is 0.396 bits per heavy atom. The van der Waals surface area contributed by atoms with Crippen molar-refractivity contribution in [2.45, 2.75) is 56.8 Å². The van der Waals surface area contributed by atoms with Crippen LogP contribution in [0.4, 0.5) is 0 Å². The van der Waals surface area contributed by atoms with Crippen molar-refractivity contribution in [1.29, 1.82) is 0 Å². The van der Waals surface area contributed by atoms with E-state index in [4.69, 9.17) is 29.2 Å². The topological polar surface area (TPSA) is 138 Å². The molecule has 2 unspecified atom stereocenters. The van der Waals surface area contributed by atoms with Crippen LogP contribution in [0.25, 0.3) is 0 Å². The Morgan fingerprint density at radius 2 is 0.604 bits per heavy atom. The number of aliphatic hydroxyl groups excluding tert-OH is 5. The Hall–Kier alpha value is -4.12. The number of ether oxygens (including phenoxy) is 4. The second kappa shape index (κ2) is 16.8. The van der Waals surface area contributed by atoms with Gasteiger partial charge in [0, 0.05) is 10.8 Å². The predicted molar refractivity (Wildman–Crippen MR) is 184 cm³/mol. The lowest BCUT2D eigenvalue weighted by Gasteiger charge is -2.27. The molecule has 4 rings (SSSR count). The van der Waals surface area contributed by atoms with E-state index in [2.05, 4.69) is 27.7 Å². The molecule has 0 amide bonds. The second-order valence-corrected chi connectivity index (χ2v) is 12.9. The van der Waals surface area contributed by atoms with Crippen LogP contribution in [-0.4, -0.2) is 83.5 Å². The van der Waals surface area contributed by atoms with Crippen molar-refractivity contribution < 1.29 is 44.5 Å². The summed E-state index contributed by atoms with van der Waals surface area (Å²) in [5.74, 6) is 2.54. The Kier molecular flexibility index (Phi) is 12.9. The lowest BCUT2D eigenvalue weighted by atomic mass is 9.78. The summed E-state index contributed by atoms with van der Waals surface area (Å²) < 4.78 is 22.7. The van der Waals surface area contributed by atoms with Crippen LogP contribution >= 0.6 is 0 Å². The second-order valence-electron chi connectivity index (χ2n) is 12.9. The maximum absolute atomic E-state index is 10.5. The van der Waals surface area contributed by atoms with Crippen molar-refractivity contribution in [1.82, 2.24) is 0 Å². The summed E-state index contributed by atoms with van der Waals surface area (Å²) >= 11 is 0. The molecule has 0 bridgehead atoms. The molecule has 258 valence electrons. The van der Waals surface area contributed by atoms with Gasteiger partial charge in [0.25, 0.3) is 0 Å². The normalized spacial score (nSPS) is 13.8. The van der Waals surface area contributed by atoms with Crippen LogP contribution in [0.1, 0.15) is 49.9 Å². The van der Waals surface area contributed by atoms with E-state index in [0.29, 0.717) is 23.0 Å². The van der Waals surface area contributed by atoms with Gasteiger partial charge in [0.05, 0.1) is 13.2 Å². The molecule has 4 aromatic rings. The summed E-state index contributed by atoms with van der Waals surface area (Å²) in [5.41, 5.74) is 3.80. The zero-order valence-electron chi connectivity index (χ0n) is 28.1. The molecule has 0 aromatic heterocycles. The summed E-state index contributed by atoms with van der Waals surface area (Å²) in [4.78, 5) is 0. The van der Waals surface area contributed by atoms with Crippen molar-refractivity contribution in [3.05, 3.63) is 119 Å². The smallest absolute Gasteiger partial charge is 0.122 e. The number of benzene rings is 4. The van der Waals surface area contributed by atoms with E-state index in [1.165, 1.54) is 0 Å². The third kappa shape index (κ3) is 9.95. The highest BCUT2D eigenvalue weighted by atomic mass is 16.5. The molecule has 0 spiro atoms. The highest BCUT2D eigenvalue weighted by Crippen LogP contribution is 2.35. The van der Waals surface area contributed by atoms with Gasteiger partial charge in [-0.3, -0.25) is 0 Å². The van der Waals surface area contributed by atoms with Crippen LogP contribution in [0.2, 0.25) is 0 Å². The molecule has 0 aliphatic rings. The van der Waals surface area contributed by atoms with Crippen LogP contribution < -0.4 is 18.9 Å². The molecule has 5 N–H and O–H groups in total. The first kappa shape index (κ1) is 36.7. The minimum Gasteiger partial charge on any atom is -0.491 e. The van der Waals surface area contributed by atoms with Crippen molar-refractivity contribution in [3.8, 4) is 23.0 Å². The summed E-state index contributed by atoms with van der Waals surface area (Å²) in [6, 6.07) is 31.0. The fourth-order valence-corrected chi connectivity index (χ4v) is 5.13. The maximum Gasteiger partial charge on any atom is 0.122 e. The van der Waals surface area contributed by atoms with Crippen LogP contribution in [0.5, 0.6) is 23.0 Å². The third-order valence-electron chi connectivity index (χ3n) is 8.50. The number of aliphatic hydroxyl groups is 5. The first-order chi connectivity index (χ1) is 22.9. The van der Waals surface area contributed by atoms with Gasteiger partial charge in [0.1, 0.15) is 67.7 Å². The predicted octanol–water partition coefficient (Wildman–Crippen LogP) is 4.62. The van der Waals surface area contributed by atoms with Gasteiger partial charge >= 0.3 is 0 Å². The monoisotopic (exact) mass is 660 g/mol. The minimum atomic E-state index is -0.910. The molecule has 0 aliphatic carbocycles. The van der Waals surface area contributed by atoms with Crippen molar-refractivity contribution in [2.75, 3.05) is 39.6 Å². The average Bonchev–Trinajstić information content (AvgIpc) is 3.11. The molecular weight excluding hydrogens is 612 g/mol. The molecule has 4 aromatic carbocycles. The van der Waals surface area contributed by atoms with Crippen LogP contribution in [0.15, 0.2) is 97.1 Å². The molecule has 9 nitrogen and oxygen atoms in total. The van der Waals surface area contributed by atoms with Crippen LogP contribution in [0.3, 0.4) is 0 Å². The quantitative estimate of drug-likeness (QED) is 0.104. The van der Waals surface area contributed by atoms with E-state index in [-0.39, 0.29) is 50.5 Å². The van der Waals surface area contributed by atoms with Crippen molar-refractivity contribution >= 4 is 0 Å². The summed E-state index contributed by atoms with van der Waals surface area (Å²) in [6.07, 6.45) is -2.64. The molecule has 0 heterocycles.